The van der Waals surface area contributed by atoms with Gasteiger partial charge in [-0.2, -0.15) is 0 Å². The Balaban J connectivity index is 1.86. The van der Waals surface area contributed by atoms with Gasteiger partial charge in [-0.1, -0.05) is 0 Å². The molecule has 0 atom stereocenters. The van der Waals surface area contributed by atoms with E-state index in [1.165, 1.54) is 19.1 Å². The van der Waals surface area contributed by atoms with Crippen molar-refractivity contribution in [2.75, 3.05) is 19.3 Å². The molecule has 108 valence electrons. The molecule has 0 saturated carbocycles. The van der Waals surface area contributed by atoms with Gasteiger partial charge < -0.3 is 10.3 Å². The van der Waals surface area contributed by atoms with Gasteiger partial charge in [-0.3, -0.25) is 0 Å². The zero-order chi connectivity index (χ0) is 14.2. The smallest absolute Gasteiger partial charge is 0.175 e. The van der Waals surface area contributed by atoms with E-state index >= 15 is 0 Å². The van der Waals surface area contributed by atoms with Crippen molar-refractivity contribution in [3.05, 3.63) is 24.0 Å². The number of hydrogen-bond donors (Lipinski definition) is 2. The molecule has 0 aliphatic carbocycles. The zero-order valence-corrected chi connectivity index (χ0v) is 12.3. The van der Waals surface area contributed by atoms with Crippen LogP contribution in [0.15, 0.2) is 23.1 Å². The Bertz CT molecular complexity index is 715. The third-order valence-electron chi connectivity index (χ3n) is 3.87. The highest BCUT2D eigenvalue weighted by molar-refractivity contribution is 7.90. The molecule has 1 saturated heterocycles. The first-order valence-electron chi connectivity index (χ1n) is 6.92. The molecule has 1 aliphatic heterocycles. The fourth-order valence-electron chi connectivity index (χ4n) is 2.73. The van der Waals surface area contributed by atoms with Gasteiger partial charge in [0.1, 0.15) is 5.82 Å². The largest absolute Gasteiger partial charge is 0.342 e. The molecular formula is C14H19N3O2S. The van der Waals surface area contributed by atoms with Crippen molar-refractivity contribution in [1.82, 2.24) is 15.3 Å². The van der Waals surface area contributed by atoms with Crippen LogP contribution in [0.5, 0.6) is 0 Å². The van der Waals surface area contributed by atoms with E-state index in [0.29, 0.717) is 10.8 Å². The molecule has 20 heavy (non-hydrogen) atoms. The molecular weight excluding hydrogens is 274 g/mol. The van der Waals surface area contributed by atoms with Crippen LogP contribution >= 0.6 is 0 Å². The minimum atomic E-state index is -3.17. The van der Waals surface area contributed by atoms with E-state index in [-0.39, 0.29) is 0 Å². The van der Waals surface area contributed by atoms with E-state index in [1.54, 1.807) is 18.2 Å². The van der Waals surface area contributed by atoms with Gasteiger partial charge in [-0.25, -0.2) is 13.4 Å². The number of fused-ring (bicyclic) bond motifs is 1. The van der Waals surface area contributed by atoms with Crippen LogP contribution in [0.4, 0.5) is 0 Å². The zero-order valence-electron chi connectivity index (χ0n) is 11.5. The Morgan fingerprint density at radius 2 is 2.05 bits per heavy atom. The lowest BCUT2D eigenvalue weighted by Crippen LogP contribution is -2.28. The van der Waals surface area contributed by atoms with Gasteiger partial charge in [0, 0.05) is 12.7 Å². The van der Waals surface area contributed by atoms with Crippen molar-refractivity contribution in [3.8, 4) is 0 Å². The molecule has 5 nitrogen and oxygen atoms in total. The predicted molar refractivity (Wildman–Crippen MR) is 78.5 cm³/mol. The minimum absolute atomic E-state index is 0.335. The van der Waals surface area contributed by atoms with E-state index in [1.807, 2.05) is 0 Å². The maximum atomic E-state index is 11.6. The second kappa shape index (κ2) is 5.18. The lowest BCUT2D eigenvalue weighted by Gasteiger charge is -2.21. The molecule has 0 spiro atoms. The van der Waals surface area contributed by atoms with E-state index < -0.39 is 9.84 Å². The number of H-pyrrole nitrogens is 1. The number of aromatic nitrogens is 2. The maximum Gasteiger partial charge on any atom is 0.175 e. The second-order valence-electron chi connectivity index (χ2n) is 5.53. The molecule has 1 aliphatic rings. The number of hydrogen-bond acceptors (Lipinski definition) is 4. The van der Waals surface area contributed by atoms with Crippen LogP contribution in [0.2, 0.25) is 0 Å². The maximum absolute atomic E-state index is 11.6. The van der Waals surface area contributed by atoms with Crippen LogP contribution in [0.3, 0.4) is 0 Å². The fourth-order valence-corrected chi connectivity index (χ4v) is 3.38. The van der Waals surface area contributed by atoms with Crippen molar-refractivity contribution in [1.29, 1.82) is 0 Å². The van der Waals surface area contributed by atoms with Gasteiger partial charge in [0.25, 0.3) is 0 Å². The standard InChI is InChI=1S/C14H19N3O2S/c1-20(18,19)11-2-3-12-13(9-11)17-14(16-12)8-10-4-6-15-7-5-10/h2-3,9-10,15H,4-8H2,1H3,(H,16,17). The number of aromatic amines is 1. The number of benzene rings is 1. The highest BCUT2D eigenvalue weighted by atomic mass is 32.2. The number of rotatable bonds is 3. The first-order valence-corrected chi connectivity index (χ1v) is 8.81. The number of nitrogens with one attached hydrogen (secondary N) is 2. The average molecular weight is 293 g/mol. The summed E-state index contributed by atoms with van der Waals surface area (Å²) in [6, 6.07) is 5.06. The summed E-state index contributed by atoms with van der Waals surface area (Å²) in [7, 11) is -3.17. The lowest BCUT2D eigenvalue weighted by molar-refractivity contribution is 0.368. The van der Waals surface area contributed by atoms with Crippen LogP contribution in [-0.2, 0) is 16.3 Å². The molecule has 0 bridgehead atoms. The average Bonchev–Trinajstić information content (AvgIpc) is 2.80. The quantitative estimate of drug-likeness (QED) is 0.899. The Hall–Kier alpha value is -1.40. The lowest BCUT2D eigenvalue weighted by atomic mass is 9.94. The number of nitrogens with zero attached hydrogens (tertiary/aromatic N) is 1. The van der Waals surface area contributed by atoms with Crippen LogP contribution in [0.25, 0.3) is 11.0 Å². The summed E-state index contributed by atoms with van der Waals surface area (Å²) < 4.78 is 23.1. The summed E-state index contributed by atoms with van der Waals surface area (Å²) in [6.45, 7) is 2.15. The molecule has 6 heteroatoms. The number of sulfone groups is 1. The van der Waals surface area contributed by atoms with E-state index in [0.717, 1.165) is 36.4 Å². The van der Waals surface area contributed by atoms with Gasteiger partial charge >= 0.3 is 0 Å². The molecule has 0 radical (unpaired) electrons. The Labute approximate surface area is 118 Å². The van der Waals surface area contributed by atoms with E-state index in [9.17, 15) is 8.42 Å². The predicted octanol–water partition coefficient (Wildman–Crippen LogP) is 1.51. The molecule has 3 rings (SSSR count). The van der Waals surface area contributed by atoms with Crippen molar-refractivity contribution in [2.24, 2.45) is 5.92 Å². The summed E-state index contributed by atoms with van der Waals surface area (Å²) >= 11 is 0. The summed E-state index contributed by atoms with van der Waals surface area (Å²) in [5.41, 5.74) is 1.64. The monoisotopic (exact) mass is 293 g/mol. The third-order valence-corrected chi connectivity index (χ3v) is 4.98. The van der Waals surface area contributed by atoms with E-state index in [2.05, 4.69) is 15.3 Å². The van der Waals surface area contributed by atoms with Crippen molar-refractivity contribution >= 4 is 20.9 Å². The van der Waals surface area contributed by atoms with Crippen LogP contribution in [-0.4, -0.2) is 37.7 Å². The van der Waals surface area contributed by atoms with Gasteiger partial charge in [0.05, 0.1) is 15.9 Å². The summed E-state index contributed by atoms with van der Waals surface area (Å²) in [6.07, 6.45) is 4.50. The molecule has 1 aromatic heterocycles. The third kappa shape index (κ3) is 2.86. The van der Waals surface area contributed by atoms with Crippen molar-refractivity contribution in [3.63, 3.8) is 0 Å². The fraction of sp³-hybridized carbons (Fsp3) is 0.500. The minimum Gasteiger partial charge on any atom is -0.342 e. The van der Waals surface area contributed by atoms with Crippen LogP contribution in [0.1, 0.15) is 18.7 Å². The molecule has 2 N–H and O–H groups in total. The summed E-state index contributed by atoms with van der Waals surface area (Å²) in [4.78, 5) is 8.15. The summed E-state index contributed by atoms with van der Waals surface area (Å²) in [5, 5.41) is 3.35. The van der Waals surface area contributed by atoms with Crippen molar-refractivity contribution < 1.29 is 8.42 Å². The SMILES string of the molecule is CS(=O)(=O)c1ccc2nc(CC3CCNCC3)[nH]c2c1. The highest BCUT2D eigenvalue weighted by Crippen LogP contribution is 2.21. The first kappa shape index (κ1) is 13.6. The van der Waals surface area contributed by atoms with Gasteiger partial charge in [-0.05, 0) is 50.0 Å². The molecule has 2 aromatic rings. The Kier molecular flexibility index (Phi) is 3.52. The van der Waals surface area contributed by atoms with Crippen LogP contribution < -0.4 is 5.32 Å². The van der Waals surface area contributed by atoms with Crippen LogP contribution in [0, 0.1) is 5.92 Å². The highest BCUT2D eigenvalue weighted by Gasteiger charge is 2.16. The van der Waals surface area contributed by atoms with E-state index in [4.69, 9.17) is 0 Å². The van der Waals surface area contributed by atoms with Gasteiger partial charge in [-0.15, -0.1) is 0 Å². The number of imidazole rings is 1. The van der Waals surface area contributed by atoms with Gasteiger partial charge in [0.15, 0.2) is 9.84 Å². The normalized spacial score (nSPS) is 17.6. The number of piperidine rings is 1. The molecule has 2 heterocycles. The van der Waals surface area contributed by atoms with Crippen molar-refractivity contribution in [2.45, 2.75) is 24.2 Å². The topological polar surface area (TPSA) is 74.8 Å². The first-order chi connectivity index (χ1) is 9.52. The Morgan fingerprint density at radius 3 is 2.75 bits per heavy atom. The molecule has 1 aromatic carbocycles. The molecule has 0 unspecified atom stereocenters. The molecule has 0 amide bonds. The molecule has 1 fully saturated rings. The second-order valence-corrected chi connectivity index (χ2v) is 7.55. The summed E-state index contributed by atoms with van der Waals surface area (Å²) in [5.74, 6) is 1.61. The Morgan fingerprint density at radius 1 is 1.30 bits per heavy atom. The van der Waals surface area contributed by atoms with Gasteiger partial charge in [0.2, 0.25) is 0 Å².